The van der Waals surface area contributed by atoms with Crippen molar-refractivity contribution in [3.63, 3.8) is 0 Å². The van der Waals surface area contributed by atoms with Crippen LogP contribution in [0.1, 0.15) is 24.2 Å². The normalized spacial score (nSPS) is 16.6. The third kappa shape index (κ3) is 5.20. The molecule has 0 aliphatic carbocycles. The minimum Gasteiger partial charge on any atom is -0.467 e. The molecule has 0 amide bonds. The predicted octanol–water partition coefficient (Wildman–Crippen LogP) is 3.45. The SMILES string of the molecule is CN=C(NCc1ccco1)NCC1(c2ccc(F)cc2)CCOCC1.I. The molecule has 142 valence electrons. The Bertz CT molecular complexity index is 683. The summed E-state index contributed by atoms with van der Waals surface area (Å²) in [6.07, 6.45) is 3.43. The Balaban J connectivity index is 0.00000243. The maximum Gasteiger partial charge on any atom is 0.191 e. The van der Waals surface area contributed by atoms with Crippen molar-refractivity contribution in [1.29, 1.82) is 0 Å². The summed E-state index contributed by atoms with van der Waals surface area (Å²) in [6.45, 7) is 2.69. The number of nitrogens with one attached hydrogen (secondary N) is 2. The summed E-state index contributed by atoms with van der Waals surface area (Å²) in [4.78, 5) is 4.27. The van der Waals surface area contributed by atoms with Gasteiger partial charge in [-0.1, -0.05) is 12.1 Å². The lowest BCUT2D eigenvalue weighted by molar-refractivity contribution is 0.0513. The Morgan fingerprint density at radius 1 is 1.15 bits per heavy atom. The van der Waals surface area contributed by atoms with Crippen LogP contribution in [-0.4, -0.2) is 32.8 Å². The van der Waals surface area contributed by atoms with Gasteiger partial charge in [-0.2, -0.15) is 0 Å². The molecular weight excluding hydrogens is 448 g/mol. The highest BCUT2D eigenvalue weighted by molar-refractivity contribution is 14.0. The Hall–Kier alpha value is -1.61. The average molecular weight is 473 g/mol. The average Bonchev–Trinajstić information content (AvgIpc) is 3.17. The molecule has 0 spiro atoms. The molecule has 2 aromatic rings. The fourth-order valence-electron chi connectivity index (χ4n) is 3.19. The van der Waals surface area contributed by atoms with Gasteiger partial charge in [0.25, 0.3) is 0 Å². The first-order chi connectivity index (χ1) is 12.2. The van der Waals surface area contributed by atoms with Crippen LogP contribution < -0.4 is 10.6 Å². The summed E-state index contributed by atoms with van der Waals surface area (Å²) in [5.74, 6) is 1.35. The summed E-state index contributed by atoms with van der Waals surface area (Å²) >= 11 is 0. The topological polar surface area (TPSA) is 58.8 Å². The molecule has 1 saturated heterocycles. The van der Waals surface area contributed by atoms with Crippen molar-refractivity contribution in [3.05, 3.63) is 59.8 Å². The standard InChI is InChI=1S/C19H24FN3O2.HI/c1-21-18(22-13-17-3-2-10-25-17)23-14-19(8-11-24-12-9-19)15-4-6-16(20)7-5-15;/h2-7,10H,8-9,11-14H2,1H3,(H2,21,22,23);1H. The Morgan fingerprint density at radius 3 is 2.50 bits per heavy atom. The van der Waals surface area contributed by atoms with Gasteiger partial charge < -0.3 is 19.8 Å². The molecule has 1 aliphatic rings. The Labute approximate surface area is 170 Å². The van der Waals surface area contributed by atoms with Gasteiger partial charge >= 0.3 is 0 Å². The zero-order chi connectivity index (χ0) is 17.5. The molecule has 1 fully saturated rings. The number of benzene rings is 1. The third-order valence-corrected chi connectivity index (χ3v) is 4.73. The summed E-state index contributed by atoms with van der Waals surface area (Å²) in [6, 6.07) is 10.6. The fourth-order valence-corrected chi connectivity index (χ4v) is 3.19. The van der Waals surface area contributed by atoms with Crippen molar-refractivity contribution < 1.29 is 13.5 Å². The maximum absolute atomic E-state index is 13.3. The van der Waals surface area contributed by atoms with Crippen molar-refractivity contribution in [1.82, 2.24) is 10.6 Å². The molecule has 1 aromatic carbocycles. The lowest BCUT2D eigenvalue weighted by atomic mass is 9.74. The lowest BCUT2D eigenvalue weighted by Gasteiger charge is -2.38. The zero-order valence-electron chi connectivity index (χ0n) is 14.8. The molecular formula is C19H25FIN3O2. The van der Waals surface area contributed by atoms with E-state index in [4.69, 9.17) is 9.15 Å². The van der Waals surface area contributed by atoms with Crippen molar-refractivity contribution in [3.8, 4) is 0 Å². The summed E-state index contributed by atoms with van der Waals surface area (Å²) in [5, 5.41) is 6.65. The van der Waals surface area contributed by atoms with E-state index in [1.54, 1.807) is 13.3 Å². The highest BCUT2D eigenvalue weighted by Crippen LogP contribution is 2.34. The van der Waals surface area contributed by atoms with Crippen molar-refractivity contribution >= 4 is 29.9 Å². The number of halogens is 2. The van der Waals surface area contributed by atoms with Crippen LogP contribution >= 0.6 is 24.0 Å². The van der Waals surface area contributed by atoms with Gasteiger partial charge in [0, 0.05) is 32.2 Å². The monoisotopic (exact) mass is 473 g/mol. The van der Waals surface area contributed by atoms with E-state index < -0.39 is 0 Å². The van der Waals surface area contributed by atoms with Crippen LogP contribution in [0.25, 0.3) is 0 Å². The van der Waals surface area contributed by atoms with E-state index in [-0.39, 0.29) is 35.2 Å². The van der Waals surface area contributed by atoms with Crippen molar-refractivity contribution in [2.24, 2.45) is 4.99 Å². The van der Waals surface area contributed by atoms with E-state index in [0.29, 0.717) is 32.3 Å². The number of ether oxygens (including phenoxy) is 1. The quantitative estimate of drug-likeness (QED) is 0.397. The molecule has 7 heteroatoms. The first kappa shape index (κ1) is 20.7. The van der Waals surface area contributed by atoms with E-state index in [2.05, 4.69) is 15.6 Å². The molecule has 0 unspecified atom stereocenters. The second-order valence-corrected chi connectivity index (χ2v) is 6.26. The number of guanidine groups is 1. The number of nitrogens with zero attached hydrogens (tertiary/aromatic N) is 1. The van der Waals surface area contributed by atoms with E-state index in [1.807, 2.05) is 24.3 Å². The number of hydrogen-bond donors (Lipinski definition) is 2. The van der Waals surface area contributed by atoms with Crippen LogP contribution in [0, 0.1) is 5.82 Å². The number of hydrogen-bond acceptors (Lipinski definition) is 3. The summed E-state index contributed by atoms with van der Waals surface area (Å²) in [5.41, 5.74) is 1.04. The van der Waals surface area contributed by atoms with Gasteiger partial charge in [0.1, 0.15) is 11.6 Å². The van der Waals surface area contributed by atoms with Crippen molar-refractivity contribution in [2.75, 3.05) is 26.8 Å². The van der Waals surface area contributed by atoms with Gasteiger partial charge in [0.2, 0.25) is 0 Å². The van der Waals surface area contributed by atoms with Crippen LogP contribution in [0.5, 0.6) is 0 Å². The highest BCUT2D eigenvalue weighted by Gasteiger charge is 2.34. The van der Waals surface area contributed by atoms with Crippen molar-refractivity contribution in [2.45, 2.75) is 24.8 Å². The van der Waals surface area contributed by atoms with Gasteiger partial charge in [-0.05, 0) is 42.7 Å². The van der Waals surface area contributed by atoms with Gasteiger partial charge in [0.05, 0.1) is 12.8 Å². The second kappa shape index (κ2) is 9.91. The van der Waals surface area contributed by atoms with Gasteiger partial charge in [-0.25, -0.2) is 4.39 Å². The number of aliphatic imine (C=N–C) groups is 1. The Morgan fingerprint density at radius 2 is 1.88 bits per heavy atom. The molecule has 5 nitrogen and oxygen atoms in total. The van der Waals surface area contributed by atoms with E-state index in [0.717, 1.165) is 24.2 Å². The lowest BCUT2D eigenvalue weighted by Crippen LogP contribution is -2.47. The van der Waals surface area contributed by atoms with E-state index in [1.165, 1.54) is 12.1 Å². The van der Waals surface area contributed by atoms with Crippen LogP contribution in [0.3, 0.4) is 0 Å². The summed E-state index contributed by atoms with van der Waals surface area (Å²) in [7, 11) is 1.74. The molecule has 0 radical (unpaired) electrons. The van der Waals surface area contributed by atoms with Crippen LogP contribution in [0.4, 0.5) is 4.39 Å². The van der Waals surface area contributed by atoms with Gasteiger partial charge in [0.15, 0.2) is 5.96 Å². The second-order valence-electron chi connectivity index (χ2n) is 6.26. The van der Waals surface area contributed by atoms with E-state index in [9.17, 15) is 4.39 Å². The molecule has 2 N–H and O–H groups in total. The van der Waals surface area contributed by atoms with Gasteiger partial charge in [-0.15, -0.1) is 24.0 Å². The van der Waals surface area contributed by atoms with Crippen LogP contribution in [0.15, 0.2) is 52.1 Å². The number of furan rings is 1. The molecule has 2 heterocycles. The number of rotatable bonds is 5. The maximum atomic E-state index is 13.3. The van der Waals surface area contributed by atoms with Crippen LogP contribution in [0.2, 0.25) is 0 Å². The first-order valence-corrected chi connectivity index (χ1v) is 8.53. The molecule has 3 rings (SSSR count). The third-order valence-electron chi connectivity index (χ3n) is 4.73. The smallest absolute Gasteiger partial charge is 0.191 e. The molecule has 1 aliphatic heterocycles. The fraction of sp³-hybridized carbons (Fsp3) is 0.421. The van der Waals surface area contributed by atoms with Gasteiger partial charge in [-0.3, -0.25) is 4.99 Å². The highest BCUT2D eigenvalue weighted by atomic mass is 127. The zero-order valence-corrected chi connectivity index (χ0v) is 17.2. The predicted molar refractivity (Wildman–Crippen MR) is 110 cm³/mol. The largest absolute Gasteiger partial charge is 0.467 e. The molecule has 26 heavy (non-hydrogen) atoms. The molecule has 1 aromatic heterocycles. The summed E-state index contributed by atoms with van der Waals surface area (Å²) < 4.78 is 24.2. The Kier molecular flexibility index (Phi) is 7.89. The minimum absolute atomic E-state index is 0. The minimum atomic E-state index is -0.213. The first-order valence-electron chi connectivity index (χ1n) is 8.53. The molecule has 0 atom stereocenters. The molecule has 0 saturated carbocycles. The van der Waals surface area contributed by atoms with Crippen LogP contribution in [-0.2, 0) is 16.7 Å². The molecule has 0 bridgehead atoms. The van der Waals surface area contributed by atoms with E-state index >= 15 is 0 Å².